The van der Waals surface area contributed by atoms with E-state index in [0.29, 0.717) is 18.1 Å². The van der Waals surface area contributed by atoms with Gasteiger partial charge >= 0.3 is 0 Å². The summed E-state index contributed by atoms with van der Waals surface area (Å²) in [4.78, 5) is 14.5. The zero-order valence-corrected chi connectivity index (χ0v) is 13.1. The van der Waals surface area contributed by atoms with Crippen LogP contribution in [0.1, 0.15) is 32.9 Å². The van der Waals surface area contributed by atoms with Crippen LogP contribution in [-0.4, -0.2) is 36.2 Å². The lowest BCUT2D eigenvalue weighted by Gasteiger charge is -2.23. The van der Waals surface area contributed by atoms with E-state index in [1.165, 1.54) is 11.1 Å². The monoisotopic (exact) mass is 300 g/mol. The van der Waals surface area contributed by atoms with Gasteiger partial charge in [-0.3, -0.25) is 4.79 Å². The second kappa shape index (κ2) is 5.93. The van der Waals surface area contributed by atoms with Gasteiger partial charge in [0.2, 0.25) is 0 Å². The topological polar surface area (TPSA) is 55.6 Å². The van der Waals surface area contributed by atoms with Gasteiger partial charge in [0.05, 0.1) is 12.2 Å². The normalized spacial score (nSPS) is 14.1. The van der Waals surface area contributed by atoms with Gasteiger partial charge in [0.25, 0.3) is 5.91 Å². The number of aromatic nitrogens is 1. The number of methoxy groups -OCH3 is 1. The molecule has 0 unspecified atom stereocenters. The molecule has 1 aromatic heterocycles. The van der Waals surface area contributed by atoms with Crippen LogP contribution >= 0.6 is 0 Å². The van der Waals surface area contributed by atoms with E-state index in [2.05, 4.69) is 17.3 Å². The highest BCUT2D eigenvalue weighted by Gasteiger charge is 2.30. The number of amides is 1. The van der Waals surface area contributed by atoms with Crippen LogP contribution in [0.25, 0.3) is 0 Å². The number of fused-ring (bicyclic) bond motifs is 1. The van der Waals surface area contributed by atoms with Crippen LogP contribution in [0.2, 0.25) is 0 Å². The van der Waals surface area contributed by atoms with E-state index in [-0.39, 0.29) is 11.9 Å². The van der Waals surface area contributed by atoms with E-state index >= 15 is 0 Å². The van der Waals surface area contributed by atoms with Gasteiger partial charge in [-0.2, -0.15) is 0 Å². The maximum Gasteiger partial charge on any atom is 0.276 e. The van der Waals surface area contributed by atoms with Crippen molar-refractivity contribution in [3.05, 3.63) is 52.4 Å². The number of hydrogen-bond donors (Lipinski definition) is 0. The third-order valence-corrected chi connectivity index (χ3v) is 4.37. The predicted octanol–water partition coefficient (Wildman–Crippen LogP) is 2.37. The van der Waals surface area contributed by atoms with Gasteiger partial charge in [0.1, 0.15) is 5.76 Å². The fraction of sp³-hybridized carbons (Fsp3) is 0.412. The molecule has 1 aromatic carbocycles. The lowest BCUT2D eigenvalue weighted by atomic mass is 10.1. The predicted molar refractivity (Wildman–Crippen MR) is 81.7 cm³/mol. The van der Waals surface area contributed by atoms with Crippen molar-refractivity contribution in [3.8, 4) is 0 Å². The van der Waals surface area contributed by atoms with Crippen molar-refractivity contribution in [1.82, 2.24) is 10.1 Å². The van der Waals surface area contributed by atoms with Crippen LogP contribution in [0.5, 0.6) is 0 Å². The van der Waals surface area contributed by atoms with E-state index in [9.17, 15) is 4.79 Å². The average molecular weight is 300 g/mol. The molecule has 1 heterocycles. The Kier molecular flexibility index (Phi) is 3.98. The number of carbonyl (C=O) groups excluding carboxylic acids is 1. The first kappa shape index (κ1) is 14.8. The molecular formula is C17H20N2O3. The molecule has 0 aliphatic heterocycles. The molecule has 0 radical (unpaired) electrons. The molecule has 0 N–H and O–H groups in total. The molecule has 1 aliphatic carbocycles. The molecule has 0 saturated carbocycles. The van der Waals surface area contributed by atoms with Crippen LogP contribution in [0.15, 0.2) is 28.8 Å². The van der Waals surface area contributed by atoms with E-state index in [0.717, 1.165) is 18.4 Å². The Bertz CT molecular complexity index is 668. The number of ether oxygens (including phenoxy) is 1. The minimum atomic E-state index is -0.110. The molecular weight excluding hydrogens is 280 g/mol. The Hall–Kier alpha value is -2.14. The first-order valence-corrected chi connectivity index (χ1v) is 7.39. The summed E-state index contributed by atoms with van der Waals surface area (Å²) in [6.07, 6.45) is 1.77. The quantitative estimate of drug-likeness (QED) is 0.870. The minimum absolute atomic E-state index is 0.110. The number of benzene rings is 1. The lowest BCUT2D eigenvalue weighted by molar-refractivity contribution is 0.0723. The molecule has 0 fully saturated rings. The average Bonchev–Trinajstić information content (AvgIpc) is 3.11. The van der Waals surface area contributed by atoms with Crippen LogP contribution in [-0.2, 0) is 24.2 Å². The van der Waals surface area contributed by atoms with E-state index < -0.39 is 0 Å². The van der Waals surface area contributed by atoms with Gasteiger partial charge in [-0.25, -0.2) is 0 Å². The number of carbonyl (C=O) groups is 1. The maximum atomic E-state index is 12.7. The third kappa shape index (κ3) is 2.52. The molecule has 5 heteroatoms. The number of nitrogens with zero attached hydrogens (tertiary/aromatic N) is 2. The first-order chi connectivity index (χ1) is 10.6. The molecule has 2 aromatic rings. The molecule has 3 rings (SSSR count). The molecule has 0 saturated heterocycles. The largest absolute Gasteiger partial charge is 0.380 e. The summed E-state index contributed by atoms with van der Waals surface area (Å²) in [6, 6.07) is 8.51. The summed E-state index contributed by atoms with van der Waals surface area (Å²) >= 11 is 0. The molecule has 0 bridgehead atoms. The molecule has 5 nitrogen and oxygen atoms in total. The van der Waals surface area contributed by atoms with Crippen molar-refractivity contribution in [2.24, 2.45) is 0 Å². The van der Waals surface area contributed by atoms with Gasteiger partial charge in [-0.05, 0) is 30.9 Å². The molecule has 0 spiro atoms. The Balaban J connectivity index is 1.79. The van der Waals surface area contributed by atoms with Crippen LogP contribution in [0.3, 0.4) is 0 Å². The summed E-state index contributed by atoms with van der Waals surface area (Å²) < 4.78 is 10.3. The van der Waals surface area contributed by atoms with Crippen molar-refractivity contribution in [1.29, 1.82) is 0 Å². The number of aryl methyl sites for hydroxylation is 1. The van der Waals surface area contributed by atoms with Crippen LogP contribution in [0, 0.1) is 6.92 Å². The summed E-state index contributed by atoms with van der Waals surface area (Å²) in [7, 11) is 3.43. The summed E-state index contributed by atoms with van der Waals surface area (Å²) in [6.45, 7) is 2.12. The van der Waals surface area contributed by atoms with Crippen molar-refractivity contribution in [2.45, 2.75) is 32.4 Å². The minimum Gasteiger partial charge on any atom is -0.380 e. The highest BCUT2D eigenvalue weighted by atomic mass is 16.5. The van der Waals surface area contributed by atoms with E-state index in [1.54, 1.807) is 18.9 Å². The van der Waals surface area contributed by atoms with Gasteiger partial charge < -0.3 is 14.2 Å². The Morgan fingerprint density at radius 3 is 2.59 bits per heavy atom. The molecule has 1 amide bonds. The van der Waals surface area contributed by atoms with Crippen molar-refractivity contribution >= 4 is 5.91 Å². The first-order valence-electron chi connectivity index (χ1n) is 7.39. The van der Waals surface area contributed by atoms with Crippen LogP contribution < -0.4 is 0 Å². The number of likely N-dealkylation sites (N-methyl/N-ethyl adjacent to an activating group) is 1. The standard InChI is InChI=1S/C17H20N2O3/c1-11-15(10-21-3)16(18-22-11)17(20)19(2)14-8-12-6-4-5-7-13(12)9-14/h4-7,14H,8-10H2,1-3H3. The zero-order valence-electron chi connectivity index (χ0n) is 13.1. The Morgan fingerprint density at radius 1 is 1.36 bits per heavy atom. The number of rotatable bonds is 4. The summed E-state index contributed by atoms with van der Waals surface area (Å²) in [5, 5.41) is 3.93. The van der Waals surface area contributed by atoms with Crippen LogP contribution in [0.4, 0.5) is 0 Å². The van der Waals surface area contributed by atoms with Gasteiger partial charge in [-0.1, -0.05) is 29.4 Å². The summed E-state index contributed by atoms with van der Waals surface area (Å²) in [5.74, 6) is 0.523. The summed E-state index contributed by atoms with van der Waals surface area (Å²) in [5.41, 5.74) is 3.73. The Morgan fingerprint density at radius 2 is 2.00 bits per heavy atom. The maximum absolute atomic E-state index is 12.7. The second-order valence-electron chi connectivity index (χ2n) is 5.75. The Labute approximate surface area is 129 Å². The van der Waals surface area contributed by atoms with E-state index in [4.69, 9.17) is 9.26 Å². The van der Waals surface area contributed by atoms with Gasteiger partial charge in [0.15, 0.2) is 5.69 Å². The zero-order chi connectivity index (χ0) is 15.7. The molecule has 22 heavy (non-hydrogen) atoms. The van der Waals surface area contributed by atoms with Crippen molar-refractivity contribution in [3.63, 3.8) is 0 Å². The fourth-order valence-corrected chi connectivity index (χ4v) is 3.02. The lowest BCUT2D eigenvalue weighted by Crippen LogP contribution is -2.38. The van der Waals surface area contributed by atoms with Gasteiger partial charge in [-0.15, -0.1) is 0 Å². The molecule has 116 valence electrons. The SMILES string of the molecule is COCc1c(C(=O)N(C)C2Cc3ccccc3C2)noc1C. The smallest absolute Gasteiger partial charge is 0.276 e. The van der Waals surface area contributed by atoms with Crippen molar-refractivity contribution < 1.29 is 14.1 Å². The van der Waals surface area contributed by atoms with E-state index in [1.807, 2.05) is 19.2 Å². The highest BCUT2D eigenvalue weighted by molar-refractivity contribution is 5.94. The molecule has 1 aliphatic rings. The van der Waals surface area contributed by atoms with Crippen molar-refractivity contribution in [2.75, 3.05) is 14.2 Å². The number of hydrogen-bond acceptors (Lipinski definition) is 4. The highest BCUT2D eigenvalue weighted by Crippen LogP contribution is 2.26. The molecule has 0 atom stereocenters. The second-order valence-corrected chi connectivity index (χ2v) is 5.75. The van der Waals surface area contributed by atoms with Gasteiger partial charge in [0, 0.05) is 20.2 Å². The fourth-order valence-electron chi connectivity index (χ4n) is 3.02. The third-order valence-electron chi connectivity index (χ3n) is 4.37.